The smallest absolute Gasteiger partial charge is 0.306 e. The minimum Gasteiger partial charge on any atom is -0.462 e. The van der Waals surface area contributed by atoms with Gasteiger partial charge in [0.05, 0.1) is 59.5 Å². The lowest BCUT2D eigenvalue weighted by Gasteiger charge is -2.18. The molecule has 0 amide bonds. The predicted octanol–water partition coefficient (Wildman–Crippen LogP) is 11.6. The van der Waals surface area contributed by atoms with Crippen molar-refractivity contribution in [3.05, 3.63) is 24.3 Å². The number of carbonyl (C=O) groups excluding carboxylic acids is 2. The SMILES string of the molecule is CCCCCCCC/C=C\CCCCCCCC(=O)OCC(COCCOCCOCCOCCO)OC(=O)CCCCCCC/C=C\CCCCCCCC. The number of carbonyl (C=O) groups is 2. The molecule has 0 spiro atoms. The van der Waals surface area contributed by atoms with Crippen molar-refractivity contribution in [3.8, 4) is 0 Å². The molecule has 0 saturated heterocycles. The molecule has 0 aromatic heterocycles. The minimum absolute atomic E-state index is 0.00146. The van der Waals surface area contributed by atoms with Crippen molar-refractivity contribution in [2.24, 2.45) is 0 Å². The summed E-state index contributed by atoms with van der Waals surface area (Å²) in [5.41, 5.74) is 0. The van der Waals surface area contributed by atoms with E-state index in [1.54, 1.807) is 0 Å². The Labute approximate surface area is 344 Å². The second-order valence-electron chi connectivity index (χ2n) is 15.1. The summed E-state index contributed by atoms with van der Waals surface area (Å²) in [6.45, 7) is 7.39. The predicted molar refractivity (Wildman–Crippen MR) is 230 cm³/mol. The lowest BCUT2D eigenvalue weighted by atomic mass is 10.1. The van der Waals surface area contributed by atoms with E-state index in [4.69, 9.17) is 33.5 Å². The summed E-state index contributed by atoms with van der Waals surface area (Å²) in [5, 5.41) is 8.71. The van der Waals surface area contributed by atoms with E-state index in [9.17, 15) is 9.59 Å². The third kappa shape index (κ3) is 44.9. The van der Waals surface area contributed by atoms with E-state index in [0.29, 0.717) is 59.1 Å². The Bertz CT molecular complexity index is 863. The Kier molecular flexibility index (Phi) is 46.1. The summed E-state index contributed by atoms with van der Waals surface area (Å²) in [5.74, 6) is -0.535. The first-order valence-electron chi connectivity index (χ1n) is 23.2. The summed E-state index contributed by atoms with van der Waals surface area (Å²) < 4.78 is 33.1. The third-order valence-corrected chi connectivity index (χ3v) is 9.67. The highest BCUT2D eigenvalue weighted by Crippen LogP contribution is 2.13. The fraction of sp³-hybridized carbons (Fsp3) is 0.872. The molecule has 9 nitrogen and oxygen atoms in total. The molecule has 9 heteroatoms. The molecule has 0 bridgehead atoms. The summed E-state index contributed by atoms with van der Waals surface area (Å²) in [6, 6.07) is 0. The highest BCUT2D eigenvalue weighted by atomic mass is 16.6. The average Bonchev–Trinajstić information content (AvgIpc) is 3.20. The number of hydrogen-bond donors (Lipinski definition) is 1. The van der Waals surface area contributed by atoms with Gasteiger partial charge in [0.1, 0.15) is 6.61 Å². The summed E-state index contributed by atoms with van der Waals surface area (Å²) in [4.78, 5) is 25.2. The van der Waals surface area contributed by atoms with Crippen LogP contribution in [0.1, 0.15) is 194 Å². The third-order valence-electron chi connectivity index (χ3n) is 9.67. The molecule has 1 unspecified atom stereocenters. The van der Waals surface area contributed by atoms with Crippen LogP contribution in [0.25, 0.3) is 0 Å². The molecule has 0 aromatic rings. The van der Waals surface area contributed by atoms with Gasteiger partial charge in [-0.05, 0) is 64.2 Å². The number of allylic oxidation sites excluding steroid dienone is 4. The Morgan fingerprint density at radius 3 is 1.21 bits per heavy atom. The molecule has 0 radical (unpaired) electrons. The molecule has 0 aromatic carbocycles. The number of aliphatic hydroxyl groups is 1. The van der Waals surface area contributed by atoms with Gasteiger partial charge in [-0.15, -0.1) is 0 Å². The van der Waals surface area contributed by atoms with E-state index in [2.05, 4.69) is 38.2 Å². The van der Waals surface area contributed by atoms with Gasteiger partial charge in [0.2, 0.25) is 0 Å². The fourth-order valence-electron chi connectivity index (χ4n) is 6.24. The number of esters is 2. The molecule has 1 atom stereocenters. The summed E-state index contributed by atoms with van der Waals surface area (Å²) >= 11 is 0. The normalized spacial score (nSPS) is 12.3. The van der Waals surface area contributed by atoms with Gasteiger partial charge in [0.15, 0.2) is 6.10 Å². The lowest BCUT2D eigenvalue weighted by molar-refractivity contribution is -0.163. The van der Waals surface area contributed by atoms with Gasteiger partial charge in [-0.1, -0.05) is 141 Å². The largest absolute Gasteiger partial charge is 0.462 e. The minimum atomic E-state index is -0.647. The van der Waals surface area contributed by atoms with Crippen LogP contribution in [0.4, 0.5) is 0 Å². The summed E-state index contributed by atoms with van der Waals surface area (Å²) in [6.07, 6.45) is 40.8. The number of rotatable bonds is 46. The molecule has 0 rings (SSSR count). The monoisotopic (exact) mass is 797 g/mol. The number of unbranched alkanes of at least 4 members (excludes halogenated alkanes) is 22. The number of ether oxygens (including phenoxy) is 6. The van der Waals surface area contributed by atoms with Crippen LogP contribution in [0, 0.1) is 0 Å². The van der Waals surface area contributed by atoms with E-state index in [0.717, 1.165) is 51.4 Å². The molecular formula is C47H88O9. The second-order valence-corrected chi connectivity index (χ2v) is 15.1. The van der Waals surface area contributed by atoms with Crippen molar-refractivity contribution in [1.82, 2.24) is 0 Å². The zero-order valence-electron chi connectivity index (χ0n) is 36.5. The van der Waals surface area contributed by atoms with E-state index in [1.807, 2.05) is 0 Å². The average molecular weight is 797 g/mol. The van der Waals surface area contributed by atoms with Crippen molar-refractivity contribution in [3.63, 3.8) is 0 Å². The maximum Gasteiger partial charge on any atom is 0.306 e. The molecule has 1 N–H and O–H groups in total. The van der Waals surface area contributed by atoms with Gasteiger partial charge >= 0.3 is 11.9 Å². The topological polar surface area (TPSA) is 110 Å². The van der Waals surface area contributed by atoms with Crippen LogP contribution in [0.3, 0.4) is 0 Å². The molecule has 0 fully saturated rings. The van der Waals surface area contributed by atoms with Crippen molar-refractivity contribution in [2.45, 2.75) is 200 Å². The van der Waals surface area contributed by atoms with Gasteiger partial charge in [0.25, 0.3) is 0 Å². The van der Waals surface area contributed by atoms with Gasteiger partial charge in [0, 0.05) is 12.8 Å². The molecule has 0 aliphatic heterocycles. The van der Waals surface area contributed by atoms with E-state index >= 15 is 0 Å². The highest BCUT2D eigenvalue weighted by Gasteiger charge is 2.17. The van der Waals surface area contributed by atoms with Crippen LogP contribution >= 0.6 is 0 Å². The van der Waals surface area contributed by atoms with Gasteiger partial charge in [-0.25, -0.2) is 0 Å². The van der Waals surface area contributed by atoms with Crippen LogP contribution in [-0.2, 0) is 38.0 Å². The maximum atomic E-state index is 12.7. The van der Waals surface area contributed by atoms with Crippen LogP contribution in [0.2, 0.25) is 0 Å². The van der Waals surface area contributed by atoms with Gasteiger partial charge in [-0.2, -0.15) is 0 Å². The van der Waals surface area contributed by atoms with Crippen LogP contribution in [0.15, 0.2) is 24.3 Å². The lowest BCUT2D eigenvalue weighted by Crippen LogP contribution is -2.30. The highest BCUT2D eigenvalue weighted by molar-refractivity contribution is 5.70. The van der Waals surface area contributed by atoms with Crippen molar-refractivity contribution in [2.75, 3.05) is 66.1 Å². The van der Waals surface area contributed by atoms with Gasteiger partial charge < -0.3 is 33.5 Å². The first-order chi connectivity index (χ1) is 27.6. The molecule has 0 heterocycles. The first-order valence-corrected chi connectivity index (χ1v) is 23.2. The van der Waals surface area contributed by atoms with Crippen LogP contribution in [-0.4, -0.2) is 89.2 Å². The Balaban J connectivity index is 4.22. The molecule has 0 aliphatic rings. The maximum absolute atomic E-state index is 12.7. The summed E-state index contributed by atoms with van der Waals surface area (Å²) in [7, 11) is 0. The van der Waals surface area contributed by atoms with E-state index < -0.39 is 6.10 Å². The zero-order valence-corrected chi connectivity index (χ0v) is 36.5. The molecule has 330 valence electrons. The second kappa shape index (κ2) is 47.6. The van der Waals surface area contributed by atoms with Crippen molar-refractivity contribution < 1.29 is 43.1 Å². The Morgan fingerprint density at radius 2 is 0.786 bits per heavy atom. The zero-order chi connectivity index (χ0) is 40.7. The fourth-order valence-corrected chi connectivity index (χ4v) is 6.24. The van der Waals surface area contributed by atoms with E-state index in [1.165, 1.54) is 116 Å². The quantitative estimate of drug-likeness (QED) is 0.0366. The Morgan fingerprint density at radius 1 is 0.429 bits per heavy atom. The van der Waals surface area contributed by atoms with Gasteiger partial charge in [-0.3, -0.25) is 9.59 Å². The molecule has 56 heavy (non-hydrogen) atoms. The first kappa shape index (κ1) is 54.2. The Hall–Kier alpha value is -1.78. The van der Waals surface area contributed by atoms with Crippen molar-refractivity contribution in [1.29, 1.82) is 0 Å². The molecular weight excluding hydrogens is 709 g/mol. The molecule has 0 saturated carbocycles. The van der Waals surface area contributed by atoms with E-state index in [-0.39, 0.29) is 31.8 Å². The molecule has 0 aliphatic carbocycles. The van der Waals surface area contributed by atoms with Crippen LogP contribution in [0.5, 0.6) is 0 Å². The standard InChI is InChI=1S/C47H88O9/c1-3-5-7-9-11-13-15-17-19-21-23-25-27-29-31-33-46(49)55-44-45(43-54-42-41-53-40-39-52-38-37-51-36-35-48)56-47(50)34-32-30-28-26-24-22-20-18-16-14-12-10-8-6-4-2/h17-20,45,48H,3-16,21-44H2,1-2H3/b19-17-,20-18-. The van der Waals surface area contributed by atoms with Crippen molar-refractivity contribution >= 4 is 11.9 Å². The van der Waals surface area contributed by atoms with Crippen LogP contribution < -0.4 is 0 Å². The number of hydrogen-bond acceptors (Lipinski definition) is 9. The number of aliphatic hydroxyl groups excluding tert-OH is 1.